The number of benzene rings is 1. The molecule has 0 aliphatic carbocycles. The van der Waals surface area contributed by atoms with Crippen LogP contribution < -0.4 is 10.1 Å². The molecule has 0 radical (unpaired) electrons. The van der Waals surface area contributed by atoms with Gasteiger partial charge in [-0.1, -0.05) is 19.1 Å². The van der Waals surface area contributed by atoms with Gasteiger partial charge in [0.25, 0.3) is 0 Å². The van der Waals surface area contributed by atoms with Crippen LogP contribution in [0.25, 0.3) is 0 Å². The summed E-state index contributed by atoms with van der Waals surface area (Å²) in [6, 6.07) is 7.13. The summed E-state index contributed by atoms with van der Waals surface area (Å²) in [5, 5.41) is 3.65. The van der Waals surface area contributed by atoms with Crippen molar-refractivity contribution in [1.29, 1.82) is 0 Å². The highest BCUT2D eigenvalue weighted by molar-refractivity contribution is 5.39. The molecule has 2 aliphatic heterocycles. The quantitative estimate of drug-likeness (QED) is 0.916. The van der Waals surface area contributed by atoms with Crippen LogP contribution in [0.4, 0.5) is 0 Å². The van der Waals surface area contributed by atoms with Gasteiger partial charge in [-0.25, -0.2) is 0 Å². The van der Waals surface area contributed by atoms with E-state index in [2.05, 4.69) is 30.4 Å². The lowest BCUT2D eigenvalue weighted by Crippen LogP contribution is -2.33. The smallest absolute Gasteiger partial charge is 0.122 e. The summed E-state index contributed by atoms with van der Waals surface area (Å²) in [5.74, 6) is 1.67. The van der Waals surface area contributed by atoms with E-state index in [1.54, 1.807) is 0 Å². The predicted molar refractivity (Wildman–Crippen MR) is 80.2 cm³/mol. The number of ether oxygens (including phenoxy) is 2. The van der Waals surface area contributed by atoms with Crippen LogP contribution in [0.1, 0.15) is 43.4 Å². The minimum atomic E-state index is 0.410. The molecule has 110 valence electrons. The third-order valence-electron chi connectivity index (χ3n) is 4.38. The molecule has 0 amide bonds. The molecule has 2 atom stereocenters. The molecule has 0 bridgehead atoms. The molecule has 3 rings (SSSR count). The Kier molecular flexibility index (Phi) is 4.58. The van der Waals surface area contributed by atoms with Crippen molar-refractivity contribution in [3.05, 3.63) is 29.3 Å². The number of hydrogen-bond donors (Lipinski definition) is 1. The summed E-state index contributed by atoms with van der Waals surface area (Å²) in [7, 11) is 0. The Morgan fingerprint density at radius 2 is 2.25 bits per heavy atom. The third kappa shape index (κ3) is 2.99. The van der Waals surface area contributed by atoms with Gasteiger partial charge in [-0.2, -0.15) is 0 Å². The van der Waals surface area contributed by atoms with E-state index < -0.39 is 0 Å². The molecule has 1 aromatic carbocycles. The molecule has 2 aliphatic rings. The third-order valence-corrected chi connectivity index (χ3v) is 4.38. The Labute approximate surface area is 121 Å². The highest BCUT2D eigenvalue weighted by Crippen LogP contribution is 2.33. The molecule has 20 heavy (non-hydrogen) atoms. The van der Waals surface area contributed by atoms with Crippen molar-refractivity contribution in [1.82, 2.24) is 5.32 Å². The van der Waals surface area contributed by atoms with Crippen molar-refractivity contribution in [2.24, 2.45) is 5.92 Å². The van der Waals surface area contributed by atoms with Gasteiger partial charge in [-0.15, -0.1) is 0 Å². The SMILES string of the molecule is CCNC(c1ccc2c(c1)CCCO2)C1CCCOC1. The van der Waals surface area contributed by atoms with Crippen LogP contribution in [-0.2, 0) is 11.2 Å². The fourth-order valence-corrected chi connectivity index (χ4v) is 3.38. The molecule has 2 unspecified atom stereocenters. The Morgan fingerprint density at radius 1 is 1.30 bits per heavy atom. The first-order chi connectivity index (χ1) is 9.88. The molecule has 1 aromatic rings. The number of nitrogens with one attached hydrogen (secondary N) is 1. The fraction of sp³-hybridized carbons (Fsp3) is 0.647. The second kappa shape index (κ2) is 6.59. The average molecular weight is 275 g/mol. The van der Waals surface area contributed by atoms with Gasteiger partial charge in [0.15, 0.2) is 0 Å². The monoisotopic (exact) mass is 275 g/mol. The topological polar surface area (TPSA) is 30.5 Å². The zero-order valence-corrected chi connectivity index (χ0v) is 12.4. The van der Waals surface area contributed by atoms with Crippen molar-refractivity contribution in [3.8, 4) is 5.75 Å². The standard InChI is InChI=1S/C17H25NO2/c1-2-18-17(15-6-3-9-19-12-15)14-7-8-16-13(11-14)5-4-10-20-16/h7-8,11,15,17-18H,2-6,9-10,12H2,1H3. The molecule has 1 saturated heterocycles. The average Bonchev–Trinajstić information content (AvgIpc) is 2.53. The molecular weight excluding hydrogens is 250 g/mol. The molecule has 3 nitrogen and oxygen atoms in total. The van der Waals surface area contributed by atoms with E-state index in [9.17, 15) is 0 Å². The predicted octanol–water partition coefficient (Wildman–Crippen LogP) is 3.09. The van der Waals surface area contributed by atoms with Crippen LogP contribution in [0, 0.1) is 5.92 Å². The second-order valence-electron chi connectivity index (χ2n) is 5.83. The van der Waals surface area contributed by atoms with Crippen LogP contribution in [-0.4, -0.2) is 26.4 Å². The van der Waals surface area contributed by atoms with E-state index in [0.29, 0.717) is 12.0 Å². The summed E-state index contributed by atoms with van der Waals surface area (Å²) >= 11 is 0. The molecule has 2 heterocycles. The first kappa shape index (κ1) is 13.9. The number of fused-ring (bicyclic) bond motifs is 1. The Hall–Kier alpha value is -1.06. The summed E-state index contributed by atoms with van der Waals surface area (Å²) in [6.45, 7) is 5.84. The van der Waals surface area contributed by atoms with E-state index >= 15 is 0 Å². The maximum atomic E-state index is 5.72. The Balaban J connectivity index is 1.82. The van der Waals surface area contributed by atoms with Crippen LogP contribution in [0.5, 0.6) is 5.75 Å². The molecule has 0 spiro atoms. The highest BCUT2D eigenvalue weighted by Gasteiger charge is 2.25. The second-order valence-corrected chi connectivity index (χ2v) is 5.83. The Bertz CT molecular complexity index is 441. The first-order valence-electron chi connectivity index (χ1n) is 7.95. The fourth-order valence-electron chi connectivity index (χ4n) is 3.38. The van der Waals surface area contributed by atoms with Gasteiger partial charge in [-0.05, 0) is 49.4 Å². The van der Waals surface area contributed by atoms with E-state index in [0.717, 1.165) is 45.0 Å². The maximum Gasteiger partial charge on any atom is 0.122 e. The largest absolute Gasteiger partial charge is 0.493 e. The molecule has 0 saturated carbocycles. The van der Waals surface area contributed by atoms with Crippen LogP contribution in [0.15, 0.2) is 18.2 Å². The molecular formula is C17H25NO2. The van der Waals surface area contributed by atoms with Gasteiger partial charge in [0.2, 0.25) is 0 Å². The van der Waals surface area contributed by atoms with Gasteiger partial charge in [0.05, 0.1) is 13.2 Å². The van der Waals surface area contributed by atoms with Crippen molar-refractivity contribution in [3.63, 3.8) is 0 Å². The summed E-state index contributed by atoms with van der Waals surface area (Å²) in [4.78, 5) is 0. The minimum Gasteiger partial charge on any atom is -0.493 e. The maximum absolute atomic E-state index is 5.72. The summed E-state index contributed by atoms with van der Waals surface area (Å²) in [6.07, 6.45) is 4.71. The van der Waals surface area contributed by atoms with E-state index in [-0.39, 0.29) is 0 Å². The van der Waals surface area contributed by atoms with Gasteiger partial charge < -0.3 is 14.8 Å². The normalized spacial score (nSPS) is 23.8. The lowest BCUT2D eigenvalue weighted by Gasteiger charge is -2.32. The Morgan fingerprint density at radius 3 is 3.05 bits per heavy atom. The zero-order valence-electron chi connectivity index (χ0n) is 12.4. The van der Waals surface area contributed by atoms with Gasteiger partial charge in [-0.3, -0.25) is 0 Å². The van der Waals surface area contributed by atoms with E-state index in [1.807, 2.05) is 0 Å². The zero-order chi connectivity index (χ0) is 13.8. The van der Waals surface area contributed by atoms with E-state index in [4.69, 9.17) is 9.47 Å². The van der Waals surface area contributed by atoms with Gasteiger partial charge >= 0.3 is 0 Å². The number of hydrogen-bond acceptors (Lipinski definition) is 3. The van der Waals surface area contributed by atoms with Gasteiger partial charge in [0.1, 0.15) is 5.75 Å². The van der Waals surface area contributed by atoms with Crippen molar-refractivity contribution < 1.29 is 9.47 Å². The summed E-state index contributed by atoms with van der Waals surface area (Å²) in [5.41, 5.74) is 2.76. The highest BCUT2D eigenvalue weighted by atomic mass is 16.5. The number of rotatable bonds is 4. The van der Waals surface area contributed by atoms with Crippen LogP contribution in [0.3, 0.4) is 0 Å². The first-order valence-corrected chi connectivity index (χ1v) is 7.95. The van der Waals surface area contributed by atoms with Crippen molar-refractivity contribution >= 4 is 0 Å². The lowest BCUT2D eigenvalue weighted by atomic mass is 9.87. The minimum absolute atomic E-state index is 0.410. The molecule has 1 fully saturated rings. The molecule has 1 N–H and O–H groups in total. The van der Waals surface area contributed by atoms with Crippen LogP contribution >= 0.6 is 0 Å². The molecule has 0 aromatic heterocycles. The van der Waals surface area contributed by atoms with E-state index in [1.165, 1.54) is 24.0 Å². The van der Waals surface area contributed by atoms with Crippen molar-refractivity contribution in [2.75, 3.05) is 26.4 Å². The van der Waals surface area contributed by atoms with Gasteiger partial charge in [0, 0.05) is 18.6 Å². The van der Waals surface area contributed by atoms with Crippen LogP contribution in [0.2, 0.25) is 0 Å². The molecule has 3 heteroatoms. The number of aryl methyl sites for hydroxylation is 1. The van der Waals surface area contributed by atoms with Crippen molar-refractivity contribution in [2.45, 2.75) is 38.6 Å². The summed E-state index contributed by atoms with van der Waals surface area (Å²) < 4.78 is 11.4. The lowest BCUT2D eigenvalue weighted by molar-refractivity contribution is 0.0392.